The molecule has 1 fully saturated rings. The predicted molar refractivity (Wildman–Crippen MR) is 126 cm³/mol. The topological polar surface area (TPSA) is 76.2 Å². The van der Waals surface area contributed by atoms with Crippen molar-refractivity contribution >= 4 is 39.8 Å². The highest BCUT2D eigenvalue weighted by molar-refractivity contribution is 6.35. The highest BCUT2D eigenvalue weighted by Crippen LogP contribution is 2.34. The zero-order valence-corrected chi connectivity index (χ0v) is 18.9. The number of anilines is 1. The van der Waals surface area contributed by atoms with Crippen LogP contribution < -0.4 is 9.64 Å². The lowest BCUT2D eigenvalue weighted by molar-refractivity contribution is 0.122. The van der Waals surface area contributed by atoms with Gasteiger partial charge < -0.3 is 14.4 Å². The Bertz CT molecular complexity index is 1220. The van der Waals surface area contributed by atoms with E-state index in [9.17, 15) is 0 Å². The average molecular weight is 470 g/mol. The van der Waals surface area contributed by atoms with E-state index in [1.54, 1.807) is 12.4 Å². The summed E-state index contributed by atoms with van der Waals surface area (Å²) in [6.07, 6.45) is 4.66. The monoisotopic (exact) mass is 469 g/mol. The summed E-state index contributed by atoms with van der Waals surface area (Å²) in [6, 6.07) is 9.84. The number of halogens is 2. The number of H-pyrrole nitrogens is 1. The molecule has 5 rings (SSSR count). The molecule has 9 heteroatoms. The molecule has 0 bridgehead atoms. The first-order valence-electron chi connectivity index (χ1n) is 10.3. The number of ether oxygens (including phenoxy) is 2. The van der Waals surface area contributed by atoms with Gasteiger partial charge in [0.05, 0.1) is 46.4 Å². The van der Waals surface area contributed by atoms with Gasteiger partial charge in [0.1, 0.15) is 17.5 Å². The maximum atomic E-state index is 6.28. The number of aromatic amines is 1. The van der Waals surface area contributed by atoms with E-state index in [0.29, 0.717) is 21.4 Å². The average Bonchev–Trinajstić information content (AvgIpc) is 3.23. The zero-order valence-electron chi connectivity index (χ0n) is 17.4. The third kappa shape index (κ3) is 4.11. The summed E-state index contributed by atoms with van der Waals surface area (Å²) in [5, 5.41) is 9.43. The van der Waals surface area contributed by atoms with Crippen LogP contribution >= 0.6 is 23.2 Å². The van der Waals surface area contributed by atoms with E-state index in [4.69, 9.17) is 32.7 Å². The lowest BCUT2D eigenvalue weighted by Crippen LogP contribution is -2.36. The van der Waals surface area contributed by atoms with Gasteiger partial charge in [0, 0.05) is 36.4 Å². The minimum Gasteiger partial charge on any atom is -0.486 e. The van der Waals surface area contributed by atoms with E-state index < -0.39 is 0 Å². The lowest BCUT2D eigenvalue weighted by Gasteiger charge is -2.28. The molecule has 32 heavy (non-hydrogen) atoms. The van der Waals surface area contributed by atoms with Crippen LogP contribution in [0.4, 0.5) is 5.69 Å². The second kappa shape index (κ2) is 8.94. The quantitative estimate of drug-likeness (QED) is 0.427. The van der Waals surface area contributed by atoms with E-state index in [-0.39, 0.29) is 6.10 Å². The van der Waals surface area contributed by atoms with Gasteiger partial charge in [-0.2, -0.15) is 5.10 Å². The first kappa shape index (κ1) is 21.0. The molecule has 0 radical (unpaired) electrons. The summed E-state index contributed by atoms with van der Waals surface area (Å²) < 4.78 is 11.6. The normalized spacial score (nSPS) is 15.2. The molecule has 4 aromatic rings. The molecule has 164 valence electrons. The Morgan fingerprint density at radius 3 is 2.56 bits per heavy atom. The second-order valence-electron chi connectivity index (χ2n) is 7.56. The largest absolute Gasteiger partial charge is 0.486 e. The number of pyridine rings is 2. The molecule has 1 saturated heterocycles. The van der Waals surface area contributed by atoms with E-state index in [2.05, 4.69) is 31.1 Å². The van der Waals surface area contributed by atoms with Crippen LogP contribution in [0.3, 0.4) is 0 Å². The number of fused-ring (bicyclic) bond motifs is 1. The fourth-order valence-electron chi connectivity index (χ4n) is 3.87. The summed E-state index contributed by atoms with van der Waals surface area (Å²) in [5.41, 5.74) is 4.25. The van der Waals surface area contributed by atoms with Crippen LogP contribution in [-0.4, -0.2) is 46.5 Å². The van der Waals surface area contributed by atoms with Crippen molar-refractivity contribution < 1.29 is 9.47 Å². The number of hydrogen-bond acceptors (Lipinski definition) is 6. The number of nitrogens with one attached hydrogen (secondary N) is 1. The Morgan fingerprint density at radius 1 is 1.06 bits per heavy atom. The molecule has 0 aliphatic carbocycles. The van der Waals surface area contributed by atoms with Gasteiger partial charge >= 0.3 is 0 Å². The van der Waals surface area contributed by atoms with Gasteiger partial charge in [-0.05, 0) is 37.3 Å². The van der Waals surface area contributed by atoms with Crippen molar-refractivity contribution in [2.75, 3.05) is 31.2 Å². The Hall–Kier alpha value is -2.87. The van der Waals surface area contributed by atoms with Gasteiger partial charge in [-0.1, -0.05) is 23.2 Å². The highest BCUT2D eigenvalue weighted by Gasteiger charge is 2.18. The van der Waals surface area contributed by atoms with E-state index in [1.807, 2.05) is 37.4 Å². The summed E-state index contributed by atoms with van der Waals surface area (Å²) >= 11 is 12.6. The standard InChI is InChI=1S/C23H21Cl2N5O2/c1-14(22-18(24)12-26-13-19(22)25)32-16-3-5-20-17(10-16)23(29-28-20)21-4-2-15(11-27-21)30-6-8-31-9-7-30/h2-5,10-14H,6-9H2,1H3,(H,28,29). The number of hydrogen-bond donors (Lipinski definition) is 1. The Morgan fingerprint density at radius 2 is 1.84 bits per heavy atom. The molecule has 1 unspecified atom stereocenters. The molecule has 0 saturated carbocycles. The Labute approximate surface area is 195 Å². The van der Waals surface area contributed by atoms with Crippen molar-refractivity contribution in [1.82, 2.24) is 20.2 Å². The number of rotatable bonds is 5. The van der Waals surface area contributed by atoms with Gasteiger partial charge in [-0.3, -0.25) is 15.1 Å². The molecule has 1 aromatic carbocycles. The second-order valence-corrected chi connectivity index (χ2v) is 8.37. The molecule has 4 heterocycles. The Balaban J connectivity index is 1.41. The minimum atomic E-state index is -0.350. The van der Waals surface area contributed by atoms with Crippen LogP contribution in [0.1, 0.15) is 18.6 Å². The van der Waals surface area contributed by atoms with Gasteiger partial charge in [-0.15, -0.1) is 0 Å². The molecule has 3 aromatic heterocycles. The van der Waals surface area contributed by atoms with E-state index in [0.717, 1.165) is 54.3 Å². The van der Waals surface area contributed by atoms with E-state index >= 15 is 0 Å². The van der Waals surface area contributed by atoms with Gasteiger partial charge in [0.15, 0.2) is 0 Å². The van der Waals surface area contributed by atoms with E-state index in [1.165, 1.54) is 0 Å². The van der Waals surface area contributed by atoms with Gasteiger partial charge in [-0.25, -0.2) is 0 Å². The van der Waals surface area contributed by atoms with Crippen LogP contribution in [0.5, 0.6) is 5.75 Å². The first-order valence-corrected chi connectivity index (χ1v) is 11.1. The van der Waals surface area contributed by atoms with Crippen molar-refractivity contribution in [3.05, 3.63) is 64.5 Å². The fourth-order valence-corrected chi connectivity index (χ4v) is 4.54. The number of benzene rings is 1. The molecule has 0 spiro atoms. The Kier molecular flexibility index (Phi) is 5.87. The summed E-state index contributed by atoms with van der Waals surface area (Å²) in [4.78, 5) is 10.9. The summed E-state index contributed by atoms with van der Waals surface area (Å²) in [5.74, 6) is 0.682. The third-order valence-electron chi connectivity index (χ3n) is 5.51. The predicted octanol–water partition coefficient (Wildman–Crippen LogP) is 5.30. The maximum Gasteiger partial charge on any atom is 0.124 e. The van der Waals surface area contributed by atoms with Crippen LogP contribution in [0, 0.1) is 0 Å². The molecule has 7 nitrogen and oxygen atoms in total. The third-order valence-corrected chi connectivity index (χ3v) is 6.11. The van der Waals surface area contributed by atoms with Crippen LogP contribution in [0.15, 0.2) is 48.9 Å². The summed E-state index contributed by atoms with van der Waals surface area (Å²) in [7, 11) is 0. The van der Waals surface area contributed by atoms with Crippen molar-refractivity contribution in [3.63, 3.8) is 0 Å². The summed E-state index contributed by atoms with van der Waals surface area (Å²) in [6.45, 7) is 5.12. The van der Waals surface area contributed by atoms with Crippen molar-refractivity contribution in [2.45, 2.75) is 13.0 Å². The number of morpholine rings is 1. The minimum absolute atomic E-state index is 0.350. The van der Waals surface area contributed by atoms with Crippen molar-refractivity contribution in [1.29, 1.82) is 0 Å². The highest BCUT2D eigenvalue weighted by atomic mass is 35.5. The first-order chi connectivity index (χ1) is 15.6. The smallest absolute Gasteiger partial charge is 0.124 e. The van der Waals surface area contributed by atoms with Crippen LogP contribution in [-0.2, 0) is 4.74 Å². The fraction of sp³-hybridized carbons (Fsp3) is 0.261. The van der Waals surface area contributed by atoms with Crippen molar-refractivity contribution in [3.8, 4) is 17.1 Å². The lowest BCUT2D eigenvalue weighted by atomic mass is 10.1. The molecule has 1 atom stereocenters. The van der Waals surface area contributed by atoms with Crippen LogP contribution in [0.2, 0.25) is 10.0 Å². The number of aromatic nitrogens is 4. The molecule has 1 N–H and O–H groups in total. The molecular weight excluding hydrogens is 449 g/mol. The number of nitrogens with zero attached hydrogens (tertiary/aromatic N) is 4. The zero-order chi connectivity index (χ0) is 22.1. The SMILES string of the molecule is CC(Oc1ccc2[nH]nc(-c3ccc(N4CCOCC4)cn3)c2c1)c1c(Cl)cncc1Cl. The molecule has 0 amide bonds. The van der Waals surface area contributed by atoms with Gasteiger partial charge in [0.2, 0.25) is 0 Å². The molecule has 1 aliphatic rings. The van der Waals surface area contributed by atoms with Crippen molar-refractivity contribution in [2.24, 2.45) is 0 Å². The van der Waals surface area contributed by atoms with Crippen LogP contribution in [0.25, 0.3) is 22.3 Å². The molecular formula is C23H21Cl2N5O2. The molecule has 1 aliphatic heterocycles. The van der Waals surface area contributed by atoms with Gasteiger partial charge in [0.25, 0.3) is 0 Å². The maximum absolute atomic E-state index is 6.28.